The molecule has 1 N–H and O–H groups in total. The number of benzene rings is 1. The fourth-order valence-corrected chi connectivity index (χ4v) is 2.65. The molecule has 1 aliphatic rings. The molecule has 6 heteroatoms. The highest BCUT2D eigenvalue weighted by molar-refractivity contribution is 5.95. The number of carbonyl (C=O) groups excluding carboxylic acids is 1. The van der Waals surface area contributed by atoms with E-state index in [9.17, 15) is 4.79 Å². The number of piperazine rings is 1. The summed E-state index contributed by atoms with van der Waals surface area (Å²) in [6, 6.07) is 5.30. The molecule has 2 rings (SSSR count). The molecule has 0 spiro atoms. The van der Waals surface area contributed by atoms with E-state index in [0.29, 0.717) is 36.7 Å². The second kappa shape index (κ2) is 8.17. The second-order valence-electron chi connectivity index (χ2n) is 5.89. The van der Waals surface area contributed by atoms with Crippen molar-refractivity contribution in [3.8, 4) is 11.5 Å². The summed E-state index contributed by atoms with van der Waals surface area (Å²) in [6.45, 7) is 7.64. The molecule has 0 unspecified atom stereocenters. The molecule has 0 saturated carbocycles. The van der Waals surface area contributed by atoms with Gasteiger partial charge >= 0.3 is 0 Å². The standard InChI is InChI=1S/C17H26N2O4/c1-13(2)23-15-5-4-14(12-16(15)22-3)17(21)19-8-6-18(7-9-19)10-11-20/h4-5,12-13,20H,6-11H2,1-3H3. The highest BCUT2D eigenvalue weighted by Crippen LogP contribution is 2.29. The number of ether oxygens (including phenoxy) is 2. The quantitative estimate of drug-likeness (QED) is 0.853. The maximum atomic E-state index is 12.6. The molecule has 0 aromatic heterocycles. The van der Waals surface area contributed by atoms with Gasteiger partial charge in [0, 0.05) is 38.3 Å². The maximum Gasteiger partial charge on any atom is 0.254 e. The van der Waals surface area contributed by atoms with Gasteiger partial charge in [0.1, 0.15) is 0 Å². The summed E-state index contributed by atoms with van der Waals surface area (Å²) in [5.74, 6) is 1.22. The molecule has 128 valence electrons. The van der Waals surface area contributed by atoms with Crippen LogP contribution < -0.4 is 9.47 Å². The number of rotatable bonds is 6. The van der Waals surface area contributed by atoms with Gasteiger partial charge in [-0.25, -0.2) is 0 Å². The number of β-amino-alcohol motifs (C(OH)–C–C–N with tert-alkyl or cyclic N) is 1. The van der Waals surface area contributed by atoms with E-state index in [-0.39, 0.29) is 18.6 Å². The molecule has 0 radical (unpaired) electrons. The van der Waals surface area contributed by atoms with Crippen LogP contribution in [0.2, 0.25) is 0 Å². The van der Waals surface area contributed by atoms with Crippen molar-refractivity contribution in [2.75, 3.05) is 46.4 Å². The predicted octanol–water partition coefficient (Wildman–Crippen LogP) is 1.23. The average molecular weight is 322 g/mol. The number of aliphatic hydroxyl groups excluding tert-OH is 1. The van der Waals surface area contributed by atoms with Gasteiger partial charge in [-0.05, 0) is 32.0 Å². The smallest absolute Gasteiger partial charge is 0.254 e. The molecule has 1 amide bonds. The number of aliphatic hydroxyl groups is 1. The minimum atomic E-state index is 0.00282. The lowest BCUT2D eigenvalue weighted by Crippen LogP contribution is -2.49. The van der Waals surface area contributed by atoms with E-state index in [1.807, 2.05) is 18.7 Å². The van der Waals surface area contributed by atoms with Gasteiger partial charge in [-0.1, -0.05) is 0 Å². The van der Waals surface area contributed by atoms with Crippen LogP contribution in [0.1, 0.15) is 24.2 Å². The molecule has 1 heterocycles. The second-order valence-corrected chi connectivity index (χ2v) is 5.89. The van der Waals surface area contributed by atoms with Crippen LogP contribution >= 0.6 is 0 Å². The van der Waals surface area contributed by atoms with Gasteiger partial charge < -0.3 is 19.5 Å². The van der Waals surface area contributed by atoms with Crippen molar-refractivity contribution >= 4 is 5.91 Å². The van der Waals surface area contributed by atoms with Gasteiger partial charge in [-0.2, -0.15) is 0 Å². The van der Waals surface area contributed by atoms with Crippen molar-refractivity contribution in [3.05, 3.63) is 23.8 Å². The fourth-order valence-electron chi connectivity index (χ4n) is 2.65. The molecule has 6 nitrogen and oxygen atoms in total. The van der Waals surface area contributed by atoms with Gasteiger partial charge in [-0.3, -0.25) is 9.69 Å². The summed E-state index contributed by atoms with van der Waals surface area (Å²) in [5, 5.41) is 8.97. The van der Waals surface area contributed by atoms with Gasteiger partial charge in [0.05, 0.1) is 19.8 Å². The van der Waals surface area contributed by atoms with Crippen LogP contribution in [0.3, 0.4) is 0 Å². The maximum absolute atomic E-state index is 12.6. The third kappa shape index (κ3) is 4.59. The number of carbonyl (C=O) groups is 1. The highest BCUT2D eigenvalue weighted by Gasteiger charge is 2.22. The molecule has 0 atom stereocenters. The predicted molar refractivity (Wildman–Crippen MR) is 88.2 cm³/mol. The number of amides is 1. The number of methoxy groups -OCH3 is 1. The van der Waals surface area contributed by atoms with Gasteiger partial charge in [0.15, 0.2) is 11.5 Å². The largest absolute Gasteiger partial charge is 0.493 e. The molecule has 1 aromatic carbocycles. The molecule has 23 heavy (non-hydrogen) atoms. The molecule has 1 saturated heterocycles. The van der Waals surface area contributed by atoms with Crippen LogP contribution in [0.25, 0.3) is 0 Å². The minimum absolute atomic E-state index is 0.00282. The lowest BCUT2D eigenvalue weighted by atomic mass is 10.1. The normalized spacial score (nSPS) is 15.8. The van der Waals surface area contributed by atoms with Crippen molar-refractivity contribution in [1.29, 1.82) is 0 Å². The van der Waals surface area contributed by atoms with Crippen LogP contribution in [0.4, 0.5) is 0 Å². The first kappa shape index (κ1) is 17.6. The summed E-state index contributed by atoms with van der Waals surface area (Å²) in [4.78, 5) is 16.6. The Balaban J connectivity index is 2.05. The Hall–Kier alpha value is -1.79. The summed E-state index contributed by atoms with van der Waals surface area (Å²) in [7, 11) is 1.57. The van der Waals surface area contributed by atoms with Gasteiger partial charge in [0.2, 0.25) is 0 Å². The highest BCUT2D eigenvalue weighted by atomic mass is 16.5. The molecule has 1 aromatic rings. The van der Waals surface area contributed by atoms with E-state index >= 15 is 0 Å². The zero-order chi connectivity index (χ0) is 16.8. The van der Waals surface area contributed by atoms with E-state index in [1.165, 1.54) is 0 Å². The van der Waals surface area contributed by atoms with Crippen LogP contribution in [0.5, 0.6) is 11.5 Å². The average Bonchev–Trinajstić information content (AvgIpc) is 2.55. The summed E-state index contributed by atoms with van der Waals surface area (Å²) >= 11 is 0. The third-order valence-electron chi connectivity index (χ3n) is 3.85. The fraction of sp³-hybridized carbons (Fsp3) is 0.588. The Labute approximate surface area is 137 Å². The van der Waals surface area contributed by atoms with Crippen LogP contribution in [-0.2, 0) is 0 Å². The molecule has 1 aliphatic heterocycles. The first-order valence-corrected chi connectivity index (χ1v) is 8.02. The van der Waals surface area contributed by atoms with E-state index < -0.39 is 0 Å². The zero-order valence-corrected chi connectivity index (χ0v) is 14.1. The zero-order valence-electron chi connectivity index (χ0n) is 14.1. The molecule has 0 bridgehead atoms. The van der Waals surface area contributed by atoms with E-state index in [2.05, 4.69) is 4.90 Å². The monoisotopic (exact) mass is 322 g/mol. The van der Waals surface area contributed by atoms with Crippen LogP contribution in [0, 0.1) is 0 Å². The topological polar surface area (TPSA) is 62.2 Å². The summed E-state index contributed by atoms with van der Waals surface area (Å²) < 4.78 is 11.0. The van der Waals surface area contributed by atoms with Crippen LogP contribution in [-0.4, -0.2) is 73.4 Å². The molecule has 0 aliphatic carbocycles. The van der Waals surface area contributed by atoms with Crippen LogP contribution in [0.15, 0.2) is 18.2 Å². The van der Waals surface area contributed by atoms with E-state index in [0.717, 1.165) is 13.1 Å². The molecular formula is C17H26N2O4. The Morgan fingerprint density at radius 2 is 1.91 bits per heavy atom. The lowest BCUT2D eigenvalue weighted by molar-refractivity contribution is 0.0614. The SMILES string of the molecule is COc1cc(C(=O)N2CCN(CCO)CC2)ccc1OC(C)C. The van der Waals surface area contributed by atoms with E-state index in [4.69, 9.17) is 14.6 Å². The van der Waals surface area contributed by atoms with Gasteiger partial charge in [0.25, 0.3) is 5.91 Å². The van der Waals surface area contributed by atoms with Crippen molar-refractivity contribution in [1.82, 2.24) is 9.80 Å². The summed E-state index contributed by atoms with van der Waals surface area (Å²) in [5.41, 5.74) is 0.605. The van der Waals surface area contributed by atoms with Crippen molar-refractivity contribution < 1.29 is 19.4 Å². The molecular weight excluding hydrogens is 296 g/mol. The van der Waals surface area contributed by atoms with Crippen molar-refractivity contribution in [3.63, 3.8) is 0 Å². The first-order chi connectivity index (χ1) is 11.0. The van der Waals surface area contributed by atoms with Crippen molar-refractivity contribution in [2.45, 2.75) is 20.0 Å². The van der Waals surface area contributed by atoms with Gasteiger partial charge in [-0.15, -0.1) is 0 Å². The van der Waals surface area contributed by atoms with Crippen molar-refractivity contribution in [2.24, 2.45) is 0 Å². The lowest BCUT2D eigenvalue weighted by Gasteiger charge is -2.34. The third-order valence-corrected chi connectivity index (χ3v) is 3.85. The Morgan fingerprint density at radius 3 is 2.48 bits per heavy atom. The number of hydrogen-bond donors (Lipinski definition) is 1. The van der Waals surface area contributed by atoms with E-state index in [1.54, 1.807) is 25.3 Å². The number of nitrogens with zero attached hydrogens (tertiary/aromatic N) is 2. The minimum Gasteiger partial charge on any atom is -0.493 e. The number of hydrogen-bond acceptors (Lipinski definition) is 5. The Kier molecular flexibility index (Phi) is 6.24. The summed E-state index contributed by atoms with van der Waals surface area (Å²) in [6.07, 6.45) is 0.0463. The first-order valence-electron chi connectivity index (χ1n) is 8.02. The molecule has 1 fully saturated rings. The Morgan fingerprint density at radius 1 is 1.22 bits per heavy atom. The Bertz CT molecular complexity index is 525.